The average Bonchev–Trinajstić information content (AvgIpc) is 3.37. The highest BCUT2D eigenvalue weighted by atomic mass is 16.2. The summed E-state index contributed by atoms with van der Waals surface area (Å²) in [6.07, 6.45) is 5.25. The summed E-state index contributed by atoms with van der Waals surface area (Å²) >= 11 is 0. The predicted octanol–water partition coefficient (Wildman–Crippen LogP) is 3.07. The van der Waals surface area contributed by atoms with Gasteiger partial charge in [0, 0.05) is 42.6 Å². The third kappa shape index (κ3) is 4.75. The lowest BCUT2D eigenvalue weighted by Gasteiger charge is -2.18. The van der Waals surface area contributed by atoms with E-state index in [-0.39, 0.29) is 18.4 Å². The molecule has 7 heteroatoms. The van der Waals surface area contributed by atoms with Crippen molar-refractivity contribution in [3.8, 4) is 5.69 Å². The Bertz CT molecular complexity index is 1030. The third-order valence-corrected chi connectivity index (χ3v) is 5.04. The Hall–Kier alpha value is -3.45. The van der Waals surface area contributed by atoms with Crippen LogP contribution in [0.3, 0.4) is 0 Å². The number of nitrogens with zero attached hydrogens (tertiary/aromatic N) is 4. The van der Waals surface area contributed by atoms with E-state index in [2.05, 4.69) is 10.4 Å². The molecule has 1 aromatic heterocycles. The molecule has 1 N–H and O–H groups in total. The van der Waals surface area contributed by atoms with Gasteiger partial charge >= 0.3 is 0 Å². The van der Waals surface area contributed by atoms with E-state index in [0.717, 1.165) is 29.9 Å². The molecule has 1 fully saturated rings. The molecule has 0 spiro atoms. The zero-order chi connectivity index (χ0) is 20.9. The van der Waals surface area contributed by atoms with Crippen molar-refractivity contribution in [1.29, 1.82) is 0 Å². The van der Waals surface area contributed by atoms with E-state index >= 15 is 0 Å². The van der Waals surface area contributed by atoms with Gasteiger partial charge in [0.1, 0.15) is 0 Å². The number of anilines is 2. The number of nitrogens with one attached hydrogen (secondary N) is 1. The Morgan fingerprint density at radius 3 is 2.70 bits per heavy atom. The first kappa shape index (κ1) is 19.8. The van der Waals surface area contributed by atoms with E-state index in [0.29, 0.717) is 18.7 Å². The zero-order valence-corrected chi connectivity index (χ0v) is 17.0. The van der Waals surface area contributed by atoms with Crippen LogP contribution in [0.1, 0.15) is 18.4 Å². The van der Waals surface area contributed by atoms with Gasteiger partial charge in [0.15, 0.2) is 0 Å². The van der Waals surface area contributed by atoms with Crippen molar-refractivity contribution >= 4 is 23.2 Å². The molecular weight excluding hydrogens is 378 g/mol. The van der Waals surface area contributed by atoms with Crippen molar-refractivity contribution in [3.05, 3.63) is 72.6 Å². The number of carbonyl (C=O) groups is 2. The quantitative estimate of drug-likeness (QED) is 0.658. The molecule has 3 aromatic rings. The summed E-state index contributed by atoms with van der Waals surface area (Å²) < 4.78 is 1.83. The number of likely N-dealkylation sites (N-methyl/N-ethyl adjacent to an activating group) is 1. The number of para-hydroxylation sites is 1. The van der Waals surface area contributed by atoms with Gasteiger partial charge in [-0.15, -0.1) is 0 Å². The Morgan fingerprint density at radius 2 is 1.93 bits per heavy atom. The van der Waals surface area contributed by atoms with Crippen LogP contribution < -0.4 is 10.2 Å². The second kappa shape index (κ2) is 8.92. The smallest absolute Gasteiger partial charge is 0.238 e. The summed E-state index contributed by atoms with van der Waals surface area (Å²) in [6.45, 7) is 1.60. The molecule has 2 amide bonds. The minimum atomic E-state index is -0.0992. The van der Waals surface area contributed by atoms with Crippen LogP contribution in [0.25, 0.3) is 5.69 Å². The summed E-state index contributed by atoms with van der Waals surface area (Å²) in [5, 5.41) is 7.33. The minimum absolute atomic E-state index is 0.0992. The fourth-order valence-electron chi connectivity index (χ4n) is 3.65. The zero-order valence-electron chi connectivity index (χ0n) is 17.0. The van der Waals surface area contributed by atoms with E-state index < -0.39 is 0 Å². The van der Waals surface area contributed by atoms with Crippen molar-refractivity contribution < 1.29 is 9.59 Å². The molecule has 2 heterocycles. The van der Waals surface area contributed by atoms with Crippen LogP contribution in [0, 0.1) is 0 Å². The number of amides is 2. The van der Waals surface area contributed by atoms with Crippen LogP contribution in [0.4, 0.5) is 11.4 Å². The van der Waals surface area contributed by atoms with Crippen LogP contribution in [0.2, 0.25) is 0 Å². The maximum absolute atomic E-state index is 12.5. The van der Waals surface area contributed by atoms with Crippen molar-refractivity contribution in [3.63, 3.8) is 0 Å². The molecular formula is C23H25N5O2. The molecule has 0 aliphatic carbocycles. The minimum Gasteiger partial charge on any atom is -0.325 e. The van der Waals surface area contributed by atoms with Crippen molar-refractivity contribution in [2.75, 3.05) is 30.4 Å². The summed E-state index contributed by atoms with van der Waals surface area (Å²) in [7, 11) is 1.90. The Morgan fingerprint density at radius 1 is 1.13 bits per heavy atom. The fraction of sp³-hybridized carbons (Fsp3) is 0.261. The lowest BCUT2D eigenvalue weighted by Crippen LogP contribution is -2.30. The standard InChI is InChI=1S/C23H25N5O2/c1-26(15-18-14-24-28(16-18)20-8-3-2-4-9-20)17-22(29)25-19-7-5-10-21(13-19)27-12-6-11-23(27)30/h2-5,7-10,13-14,16H,6,11-12,15,17H2,1H3,(H,25,29). The lowest BCUT2D eigenvalue weighted by atomic mass is 10.2. The second-order valence-electron chi connectivity index (χ2n) is 7.55. The maximum atomic E-state index is 12.5. The van der Waals surface area contributed by atoms with Crippen LogP contribution >= 0.6 is 0 Å². The molecule has 154 valence electrons. The predicted molar refractivity (Wildman–Crippen MR) is 117 cm³/mol. The summed E-state index contributed by atoms with van der Waals surface area (Å²) in [5.41, 5.74) is 3.56. The number of benzene rings is 2. The normalized spacial score (nSPS) is 13.8. The van der Waals surface area contributed by atoms with E-state index in [9.17, 15) is 9.59 Å². The number of aromatic nitrogens is 2. The molecule has 0 bridgehead atoms. The average molecular weight is 403 g/mol. The van der Waals surface area contributed by atoms with Crippen molar-refractivity contribution in [2.45, 2.75) is 19.4 Å². The number of hydrogen-bond donors (Lipinski definition) is 1. The van der Waals surface area contributed by atoms with Crippen LogP contribution in [0.5, 0.6) is 0 Å². The molecule has 1 aliphatic rings. The van der Waals surface area contributed by atoms with E-state index in [1.54, 1.807) is 4.90 Å². The van der Waals surface area contributed by atoms with Crippen LogP contribution in [-0.4, -0.2) is 46.6 Å². The molecule has 0 unspecified atom stereocenters. The Balaban J connectivity index is 1.32. The van der Waals surface area contributed by atoms with Gasteiger partial charge in [0.05, 0.1) is 18.4 Å². The van der Waals surface area contributed by atoms with Gasteiger partial charge in [-0.05, 0) is 43.8 Å². The molecule has 2 aromatic carbocycles. The van der Waals surface area contributed by atoms with Gasteiger partial charge in [-0.2, -0.15) is 5.10 Å². The highest BCUT2D eigenvalue weighted by Gasteiger charge is 2.21. The van der Waals surface area contributed by atoms with Gasteiger partial charge in [-0.3, -0.25) is 14.5 Å². The summed E-state index contributed by atoms with van der Waals surface area (Å²) in [5.74, 6) is 0.0344. The summed E-state index contributed by atoms with van der Waals surface area (Å²) in [6, 6.07) is 17.4. The molecule has 0 radical (unpaired) electrons. The first-order valence-electron chi connectivity index (χ1n) is 10.1. The van der Waals surface area contributed by atoms with Gasteiger partial charge < -0.3 is 10.2 Å². The largest absolute Gasteiger partial charge is 0.325 e. The van der Waals surface area contributed by atoms with Crippen molar-refractivity contribution in [1.82, 2.24) is 14.7 Å². The topological polar surface area (TPSA) is 70.5 Å². The first-order valence-corrected chi connectivity index (χ1v) is 10.1. The summed E-state index contributed by atoms with van der Waals surface area (Å²) in [4.78, 5) is 28.1. The molecule has 7 nitrogen and oxygen atoms in total. The molecule has 0 saturated carbocycles. The lowest BCUT2D eigenvalue weighted by molar-refractivity contribution is -0.117. The van der Waals surface area contributed by atoms with Gasteiger partial charge in [0.25, 0.3) is 0 Å². The van der Waals surface area contributed by atoms with Gasteiger partial charge in [-0.1, -0.05) is 24.3 Å². The number of hydrogen-bond acceptors (Lipinski definition) is 4. The molecule has 30 heavy (non-hydrogen) atoms. The van der Waals surface area contributed by atoms with E-state index in [4.69, 9.17) is 0 Å². The van der Waals surface area contributed by atoms with Gasteiger partial charge in [0.2, 0.25) is 11.8 Å². The monoisotopic (exact) mass is 403 g/mol. The maximum Gasteiger partial charge on any atom is 0.238 e. The molecule has 1 aliphatic heterocycles. The molecule has 1 saturated heterocycles. The first-order chi connectivity index (χ1) is 14.6. The fourth-order valence-corrected chi connectivity index (χ4v) is 3.65. The van der Waals surface area contributed by atoms with Crippen molar-refractivity contribution in [2.24, 2.45) is 0 Å². The van der Waals surface area contributed by atoms with Crippen LogP contribution in [0.15, 0.2) is 67.0 Å². The highest BCUT2D eigenvalue weighted by Crippen LogP contribution is 2.24. The van der Waals surface area contributed by atoms with Crippen LogP contribution in [-0.2, 0) is 16.1 Å². The highest BCUT2D eigenvalue weighted by molar-refractivity contribution is 5.97. The van der Waals surface area contributed by atoms with Gasteiger partial charge in [-0.25, -0.2) is 4.68 Å². The molecule has 0 atom stereocenters. The number of carbonyl (C=O) groups excluding carboxylic acids is 2. The number of rotatable bonds is 7. The second-order valence-corrected chi connectivity index (χ2v) is 7.55. The van der Waals surface area contributed by atoms with E-state index in [1.807, 2.05) is 83.6 Å². The molecule has 4 rings (SSSR count). The third-order valence-electron chi connectivity index (χ3n) is 5.04. The Labute approximate surface area is 175 Å². The van der Waals surface area contributed by atoms with E-state index in [1.165, 1.54) is 0 Å². The SMILES string of the molecule is CN(CC(=O)Nc1cccc(N2CCCC2=O)c1)Cc1cnn(-c2ccccc2)c1. The Kier molecular flexibility index (Phi) is 5.90.